The number of aromatic nitrogens is 1. The summed E-state index contributed by atoms with van der Waals surface area (Å²) in [6.45, 7) is 4.48. The second-order valence-corrected chi connectivity index (χ2v) is 8.08. The fourth-order valence-electron chi connectivity index (χ4n) is 4.08. The van der Waals surface area contributed by atoms with Crippen LogP contribution in [0.4, 0.5) is 0 Å². The largest absolute Gasteiger partial charge is 0.487 e. The predicted molar refractivity (Wildman–Crippen MR) is 125 cm³/mol. The van der Waals surface area contributed by atoms with Crippen molar-refractivity contribution in [3.63, 3.8) is 0 Å². The maximum atomic E-state index is 12.6. The molecule has 1 aromatic heterocycles. The molecule has 6 nitrogen and oxygen atoms in total. The van der Waals surface area contributed by atoms with Gasteiger partial charge in [-0.3, -0.25) is 19.6 Å². The minimum absolute atomic E-state index is 0.0677. The molecule has 0 radical (unpaired) electrons. The molecule has 6 heteroatoms. The Balaban J connectivity index is 1.37. The van der Waals surface area contributed by atoms with Gasteiger partial charge in [0.25, 0.3) is 0 Å². The van der Waals surface area contributed by atoms with Crippen LogP contribution in [0.25, 0.3) is 0 Å². The number of piperazine rings is 1. The molecule has 1 saturated heterocycles. The zero-order valence-electron chi connectivity index (χ0n) is 18.5. The van der Waals surface area contributed by atoms with E-state index in [0.717, 1.165) is 37.6 Å². The molecule has 1 amide bonds. The van der Waals surface area contributed by atoms with Gasteiger partial charge in [0.15, 0.2) is 0 Å². The van der Waals surface area contributed by atoms with E-state index in [0.29, 0.717) is 13.2 Å². The number of nitrogens with zero attached hydrogens (tertiary/aromatic N) is 3. The Morgan fingerprint density at radius 3 is 2.59 bits per heavy atom. The van der Waals surface area contributed by atoms with Gasteiger partial charge in [0.1, 0.15) is 18.4 Å². The van der Waals surface area contributed by atoms with Gasteiger partial charge in [-0.25, -0.2) is 0 Å². The number of pyridine rings is 1. The number of hydrogen-bond donors (Lipinski definition) is 1. The zero-order valence-corrected chi connectivity index (χ0v) is 18.5. The van der Waals surface area contributed by atoms with Crippen molar-refractivity contribution < 1.29 is 9.53 Å². The van der Waals surface area contributed by atoms with Gasteiger partial charge in [-0.2, -0.15) is 0 Å². The smallest absolute Gasteiger partial charge is 0.238 e. The third-order valence-electron chi connectivity index (χ3n) is 5.77. The van der Waals surface area contributed by atoms with Gasteiger partial charge >= 0.3 is 0 Å². The first kappa shape index (κ1) is 22.0. The highest BCUT2D eigenvalue weighted by Gasteiger charge is 2.31. The van der Waals surface area contributed by atoms with Crippen molar-refractivity contribution in [2.24, 2.45) is 0 Å². The van der Waals surface area contributed by atoms with Crippen LogP contribution in [0.3, 0.4) is 0 Å². The van der Waals surface area contributed by atoms with E-state index in [9.17, 15) is 4.79 Å². The van der Waals surface area contributed by atoms with Gasteiger partial charge in [-0.1, -0.05) is 48.5 Å². The van der Waals surface area contributed by atoms with Gasteiger partial charge in [0, 0.05) is 46.0 Å². The number of amides is 1. The van der Waals surface area contributed by atoms with E-state index in [-0.39, 0.29) is 11.9 Å². The summed E-state index contributed by atoms with van der Waals surface area (Å²) in [7, 11) is 1.71. The minimum atomic E-state index is -0.169. The Bertz CT molecular complexity index is 997. The third kappa shape index (κ3) is 5.93. The van der Waals surface area contributed by atoms with Crippen LogP contribution in [0.5, 0.6) is 5.75 Å². The first-order chi connectivity index (χ1) is 15.7. The van der Waals surface area contributed by atoms with Crippen molar-refractivity contribution in [1.82, 2.24) is 20.1 Å². The summed E-state index contributed by atoms with van der Waals surface area (Å²) >= 11 is 0. The number of carbonyl (C=O) groups is 1. The molecule has 166 valence electrons. The lowest BCUT2D eigenvalue weighted by molar-refractivity contribution is -0.128. The van der Waals surface area contributed by atoms with Gasteiger partial charge in [-0.15, -0.1) is 0 Å². The van der Waals surface area contributed by atoms with Crippen LogP contribution < -0.4 is 10.1 Å². The van der Waals surface area contributed by atoms with E-state index in [1.54, 1.807) is 13.2 Å². The zero-order chi connectivity index (χ0) is 22.2. The van der Waals surface area contributed by atoms with Crippen LogP contribution in [0.2, 0.25) is 0 Å². The molecular weight excluding hydrogens is 400 g/mol. The second-order valence-electron chi connectivity index (χ2n) is 8.08. The Labute approximate surface area is 189 Å². The minimum Gasteiger partial charge on any atom is -0.487 e. The Morgan fingerprint density at radius 1 is 1.00 bits per heavy atom. The fraction of sp³-hybridized carbons (Fsp3) is 0.308. The molecule has 32 heavy (non-hydrogen) atoms. The molecule has 0 bridgehead atoms. The second kappa shape index (κ2) is 10.9. The summed E-state index contributed by atoms with van der Waals surface area (Å²) in [5.41, 5.74) is 3.31. The quantitative estimate of drug-likeness (QED) is 0.595. The SMILES string of the molecule is CNC(=O)C1CN(Cc2cccc(OCc3ccccn3)c2)CCN1Cc1ccccc1. The van der Waals surface area contributed by atoms with Gasteiger partial charge < -0.3 is 10.1 Å². The highest BCUT2D eigenvalue weighted by molar-refractivity contribution is 5.81. The summed E-state index contributed by atoms with van der Waals surface area (Å²) in [6, 6.07) is 24.2. The van der Waals surface area contributed by atoms with E-state index in [1.165, 1.54) is 11.1 Å². The van der Waals surface area contributed by atoms with Crippen LogP contribution in [0.15, 0.2) is 79.0 Å². The average Bonchev–Trinajstić information content (AvgIpc) is 2.85. The molecule has 1 atom stereocenters. The molecule has 2 heterocycles. The predicted octanol–water partition coefficient (Wildman–Crippen LogP) is 3.09. The normalized spacial score (nSPS) is 17.1. The fourth-order valence-corrected chi connectivity index (χ4v) is 4.08. The van der Waals surface area contributed by atoms with E-state index in [1.807, 2.05) is 48.5 Å². The summed E-state index contributed by atoms with van der Waals surface area (Å²) in [5, 5.41) is 2.84. The molecule has 1 unspecified atom stereocenters. The van der Waals surface area contributed by atoms with Crippen molar-refractivity contribution in [2.45, 2.75) is 25.7 Å². The van der Waals surface area contributed by atoms with Crippen LogP contribution in [0, 0.1) is 0 Å². The molecule has 3 aromatic rings. The van der Waals surface area contributed by atoms with Crippen LogP contribution in [-0.2, 0) is 24.5 Å². The molecule has 1 aliphatic rings. The monoisotopic (exact) mass is 430 g/mol. The molecular formula is C26H30N4O2. The Kier molecular flexibility index (Phi) is 7.48. The van der Waals surface area contributed by atoms with Crippen molar-refractivity contribution in [3.05, 3.63) is 95.8 Å². The van der Waals surface area contributed by atoms with Crippen LogP contribution >= 0.6 is 0 Å². The third-order valence-corrected chi connectivity index (χ3v) is 5.77. The molecule has 1 N–H and O–H groups in total. The first-order valence-corrected chi connectivity index (χ1v) is 11.0. The van der Waals surface area contributed by atoms with Crippen LogP contribution in [-0.4, -0.2) is 53.4 Å². The molecule has 0 aliphatic carbocycles. The number of likely N-dealkylation sites (N-methyl/N-ethyl adjacent to an activating group) is 1. The summed E-state index contributed by atoms with van der Waals surface area (Å²) < 4.78 is 5.93. The van der Waals surface area contributed by atoms with E-state index in [4.69, 9.17) is 4.74 Å². The molecule has 0 spiro atoms. The summed E-state index contributed by atoms with van der Waals surface area (Å²) in [5.74, 6) is 0.900. The Morgan fingerprint density at radius 2 is 1.81 bits per heavy atom. The summed E-state index contributed by atoms with van der Waals surface area (Å²) in [6.07, 6.45) is 1.77. The van der Waals surface area contributed by atoms with Crippen molar-refractivity contribution in [3.8, 4) is 5.75 Å². The molecule has 2 aromatic carbocycles. The number of hydrogen-bond acceptors (Lipinski definition) is 5. The molecule has 4 rings (SSSR count). The standard InChI is InChI=1S/C26H30N4O2/c1-27-26(31)25-19-29(14-15-30(25)18-21-8-3-2-4-9-21)17-22-10-7-12-24(16-22)32-20-23-11-5-6-13-28-23/h2-13,16,25H,14-15,17-20H2,1H3,(H,27,31). The Hall–Kier alpha value is -3.22. The maximum Gasteiger partial charge on any atom is 0.238 e. The topological polar surface area (TPSA) is 57.7 Å². The van der Waals surface area contributed by atoms with E-state index >= 15 is 0 Å². The lowest BCUT2D eigenvalue weighted by Gasteiger charge is -2.40. The first-order valence-electron chi connectivity index (χ1n) is 11.0. The molecule has 1 fully saturated rings. The van der Waals surface area contributed by atoms with Crippen molar-refractivity contribution in [1.29, 1.82) is 0 Å². The maximum absolute atomic E-state index is 12.6. The number of ether oxygens (including phenoxy) is 1. The van der Waals surface area contributed by atoms with Gasteiger partial charge in [-0.05, 0) is 35.4 Å². The van der Waals surface area contributed by atoms with Gasteiger partial charge in [0.05, 0.1) is 5.69 Å². The van der Waals surface area contributed by atoms with E-state index < -0.39 is 0 Å². The van der Waals surface area contributed by atoms with Crippen molar-refractivity contribution >= 4 is 5.91 Å². The lowest BCUT2D eigenvalue weighted by atomic mass is 10.1. The van der Waals surface area contributed by atoms with E-state index in [2.05, 4.69) is 44.4 Å². The molecule has 0 saturated carbocycles. The highest BCUT2D eigenvalue weighted by atomic mass is 16.5. The lowest BCUT2D eigenvalue weighted by Crippen LogP contribution is -2.57. The van der Waals surface area contributed by atoms with Crippen LogP contribution in [0.1, 0.15) is 16.8 Å². The number of carbonyl (C=O) groups excluding carboxylic acids is 1. The summed E-state index contributed by atoms with van der Waals surface area (Å²) in [4.78, 5) is 21.6. The number of benzene rings is 2. The molecule has 1 aliphatic heterocycles. The number of nitrogens with one attached hydrogen (secondary N) is 1. The van der Waals surface area contributed by atoms with Crippen molar-refractivity contribution in [2.75, 3.05) is 26.7 Å². The highest BCUT2D eigenvalue weighted by Crippen LogP contribution is 2.20. The van der Waals surface area contributed by atoms with Gasteiger partial charge in [0.2, 0.25) is 5.91 Å². The number of rotatable bonds is 8. The average molecular weight is 431 g/mol.